The zero-order valence-corrected chi connectivity index (χ0v) is 12.5. The Labute approximate surface area is 112 Å². The summed E-state index contributed by atoms with van der Waals surface area (Å²) in [6.45, 7) is 3.34. The van der Waals surface area contributed by atoms with Crippen LogP contribution in [0.1, 0.15) is 13.8 Å². The average molecular weight is 308 g/mol. The normalized spacial score (nSPS) is 12.5. The number of hydrogen-bond donors (Lipinski definition) is 1. The summed E-state index contributed by atoms with van der Waals surface area (Å²) in [6.07, 6.45) is 0. The number of para-hydroxylation sites is 1. The van der Waals surface area contributed by atoms with E-state index in [1.54, 1.807) is 13.8 Å². The predicted molar refractivity (Wildman–Crippen MR) is 71.0 cm³/mol. The highest BCUT2D eigenvalue weighted by molar-refractivity contribution is 7.97. The minimum Gasteiger partial charge on any atom is -0.507 e. The molecule has 0 saturated heterocycles. The molecule has 1 N–H and O–H groups in total. The number of aromatic hydroxyl groups is 1. The van der Waals surface area contributed by atoms with Gasteiger partial charge in [-0.25, -0.2) is 8.42 Å². The maximum absolute atomic E-state index is 12.2. The van der Waals surface area contributed by atoms with Gasteiger partial charge in [0.05, 0.1) is 13.2 Å². The van der Waals surface area contributed by atoms with Crippen molar-refractivity contribution in [3.63, 3.8) is 0 Å². The molecule has 0 aliphatic carbocycles. The van der Waals surface area contributed by atoms with Crippen molar-refractivity contribution in [1.29, 1.82) is 0 Å². The smallest absolute Gasteiger partial charge is 0.346 e. The topological polar surface area (TPSA) is 89.9 Å². The Morgan fingerprint density at radius 1 is 1.16 bits per heavy atom. The number of sulfone groups is 1. The van der Waals surface area contributed by atoms with Crippen molar-refractivity contribution < 1.29 is 27.1 Å². The Morgan fingerprint density at radius 3 is 2.16 bits per heavy atom. The lowest BCUT2D eigenvalue weighted by atomic mass is 10.3. The lowest BCUT2D eigenvalue weighted by Crippen LogP contribution is -2.11. The first-order valence-corrected chi connectivity index (χ1v) is 9.11. The summed E-state index contributed by atoms with van der Waals surface area (Å²) in [5.74, 6) is -0.387. The van der Waals surface area contributed by atoms with Crippen LogP contribution in [0.15, 0.2) is 29.2 Å². The number of phenols is 1. The second kappa shape index (κ2) is 6.52. The molecule has 8 heteroatoms. The third-order valence-corrected chi connectivity index (χ3v) is 7.12. The summed E-state index contributed by atoms with van der Waals surface area (Å²) in [5, 5.41) is 9.55. The third-order valence-electron chi connectivity index (χ3n) is 2.18. The molecule has 0 aliphatic heterocycles. The lowest BCUT2D eigenvalue weighted by molar-refractivity contribution is 0.224. The van der Waals surface area contributed by atoms with E-state index in [9.17, 15) is 18.1 Å². The average Bonchev–Trinajstić information content (AvgIpc) is 2.28. The Hall–Kier alpha value is -0.880. The summed E-state index contributed by atoms with van der Waals surface area (Å²) >= 11 is 0. The van der Waals surface area contributed by atoms with Gasteiger partial charge in [-0.3, -0.25) is 4.57 Å². The lowest BCUT2D eigenvalue weighted by Gasteiger charge is -2.17. The van der Waals surface area contributed by atoms with Gasteiger partial charge in [-0.1, -0.05) is 12.1 Å². The molecule has 0 amide bonds. The van der Waals surface area contributed by atoms with Crippen LogP contribution in [0.4, 0.5) is 0 Å². The van der Waals surface area contributed by atoms with Gasteiger partial charge in [0, 0.05) is 0 Å². The first-order chi connectivity index (χ1) is 8.84. The molecule has 1 aromatic carbocycles. The molecule has 0 atom stereocenters. The number of benzene rings is 1. The highest BCUT2D eigenvalue weighted by Gasteiger charge is 2.33. The van der Waals surface area contributed by atoms with Crippen molar-refractivity contribution in [2.24, 2.45) is 0 Å². The van der Waals surface area contributed by atoms with Crippen LogP contribution in [0, 0.1) is 0 Å². The van der Waals surface area contributed by atoms with Crippen LogP contribution in [-0.2, 0) is 23.4 Å². The molecule has 0 aromatic heterocycles. The van der Waals surface area contributed by atoms with Crippen LogP contribution < -0.4 is 0 Å². The van der Waals surface area contributed by atoms with Crippen molar-refractivity contribution in [3.05, 3.63) is 24.3 Å². The molecular weight excluding hydrogens is 291 g/mol. The molecule has 0 fully saturated rings. The van der Waals surface area contributed by atoms with E-state index in [4.69, 9.17) is 9.05 Å². The summed E-state index contributed by atoms with van der Waals surface area (Å²) in [4.78, 5) is -0.283. The van der Waals surface area contributed by atoms with Crippen LogP contribution in [0.3, 0.4) is 0 Å². The largest absolute Gasteiger partial charge is 0.507 e. The minimum absolute atomic E-state index is 0.0770. The minimum atomic E-state index is -3.96. The monoisotopic (exact) mass is 308 g/mol. The molecule has 0 unspecified atom stereocenters. The van der Waals surface area contributed by atoms with Crippen LogP contribution in [0.25, 0.3) is 0 Å². The second-order valence-electron chi connectivity index (χ2n) is 3.66. The first-order valence-electron chi connectivity index (χ1n) is 5.73. The van der Waals surface area contributed by atoms with Gasteiger partial charge >= 0.3 is 7.60 Å². The van der Waals surface area contributed by atoms with E-state index in [1.807, 2.05) is 0 Å². The zero-order valence-electron chi connectivity index (χ0n) is 10.8. The molecule has 108 valence electrons. The maximum Gasteiger partial charge on any atom is 0.346 e. The van der Waals surface area contributed by atoms with Crippen LogP contribution in [0.2, 0.25) is 0 Å². The highest BCUT2D eigenvalue weighted by Crippen LogP contribution is 2.50. The Bertz CT molecular complexity index is 558. The zero-order chi connectivity index (χ0) is 14.5. The van der Waals surface area contributed by atoms with E-state index < -0.39 is 22.9 Å². The van der Waals surface area contributed by atoms with Gasteiger partial charge in [-0.05, 0) is 26.0 Å². The SMILES string of the molecule is CCOP(=O)(CS(=O)(=O)c1ccccc1O)OCC. The number of hydrogen-bond acceptors (Lipinski definition) is 6. The Kier molecular flexibility index (Phi) is 5.55. The standard InChI is InChI=1S/C11H17O6PS/c1-3-16-18(13,17-4-2)9-19(14,15)11-8-6-5-7-10(11)12/h5-8,12H,3-4,9H2,1-2H3. The fourth-order valence-corrected chi connectivity index (χ4v) is 5.85. The van der Waals surface area contributed by atoms with Crippen molar-refractivity contribution in [2.75, 3.05) is 18.7 Å². The summed E-state index contributed by atoms with van der Waals surface area (Å²) in [5.41, 5.74) is -0.792. The molecular formula is C11H17O6PS. The predicted octanol–water partition coefficient (Wildman–Crippen LogP) is 2.39. The van der Waals surface area contributed by atoms with Crippen molar-refractivity contribution >= 4 is 17.4 Å². The summed E-state index contributed by atoms with van der Waals surface area (Å²) in [6, 6.07) is 5.46. The maximum atomic E-state index is 12.2. The summed E-state index contributed by atoms with van der Waals surface area (Å²) < 4.78 is 46.3. The van der Waals surface area contributed by atoms with E-state index in [2.05, 4.69) is 0 Å². The molecule has 1 aromatic rings. The van der Waals surface area contributed by atoms with Gasteiger partial charge in [-0.15, -0.1) is 0 Å². The van der Waals surface area contributed by atoms with Gasteiger partial charge in [-0.2, -0.15) is 0 Å². The highest BCUT2D eigenvalue weighted by atomic mass is 32.2. The van der Waals surface area contributed by atoms with Gasteiger partial charge in [0.1, 0.15) is 10.6 Å². The molecule has 0 aliphatic rings. The van der Waals surface area contributed by atoms with E-state index in [0.29, 0.717) is 0 Å². The van der Waals surface area contributed by atoms with E-state index in [-0.39, 0.29) is 23.9 Å². The van der Waals surface area contributed by atoms with Crippen molar-refractivity contribution in [1.82, 2.24) is 0 Å². The quantitative estimate of drug-likeness (QED) is 0.778. The molecule has 6 nitrogen and oxygen atoms in total. The van der Waals surface area contributed by atoms with E-state index in [0.717, 1.165) is 0 Å². The molecule has 0 saturated carbocycles. The van der Waals surface area contributed by atoms with Crippen molar-refractivity contribution in [2.45, 2.75) is 18.7 Å². The molecule has 1 rings (SSSR count). The third kappa shape index (κ3) is 4.31. The first kappa shape index (κ1) is 16.2. The van der Waals surface area contributed by atoms with Gasteiger partial charge < -0.3 is 14.2 Å². The molecule has 0 radical (unpaired) electrons. The molecule has 0 heterocycles. The van der Waals surface area contributed by atoms with Gasteiger partial charge in [0.15, 0.2) is 15.3 Å². The van der Waals surface area contributed by atoms with Crippen LogP contribution >= 0.6 is 7.60 Å². The van der Waals surface area contributed by atoms with Crippen LogP contribution in [-0.4, -0.2) is 32.2 Å². The molecule has 19 heavy (non-hydrogen) atoms. The fraction of sp³-hybridized carbons (Fsp3) is 0.455. The van der Waals surface area contributed by atoms with Gasteiger partial charge in [0.25, 0.3) is 0 Å². The fourth-order valence-electron chi connectivity index (χ4n) is 1.50. The molecule has 0 bridgehead atoms. The Balaban J connectivity index is 3.08. The number of rotatable bonds is 7. The van der Waals surface area contributed by atoms with Gasteiger partial charge in [0.2, 0.25) is 0 Å². The summed E-state index contributed by atoms with van der Waals surface area (Å²) in [7, 11) is -7.68. The molecule has 0 spiro atoms. The van der Waals surface area contributed by atoms with Crippen molar-refractivity contribution in [3.8, 4) is 5.75 Å². The second-order valence-corrected chi connectivity index (χ2v) is 8.10. The van der Waals surface area contributed by atoms with E-state index >= 15 is 0 Å². The Morgan fingerprint density at radius 2 is 1.68 bits per heavy atom. The van der Waals surface area contributed by atoms with E-state index in [1.165, 1.54) is 24.3 Å². The van der Waals surface area contributed by atoms with Crippen LogP contribution in [0.5, 0.6) is 5.75 Å². The number of phenolic OH excluding ortho intramolecular Hbond substituents is 1.